The van der Waals surface area contributed by atoms with Crippen molar-refractivity contribution in [1.29, 1.82) is 0 Å². The molecule has 7 heteroatoms. The first-order valence-electron chi connectivity index (χ1n) is 7.48. The number of aromatic amines is 1. The van der Waals surface area contributed by atoms with Gasteiger partial charge in [-0.1, -0.05) is 47.5 Å². The molecule has 0 aliphatic rings. The molecule has 2 heterocycles. The molecule has 4 aromatic rings. The zero-order chi connectivity index (χ0) is 17.2. The van der Waals surface area contributed by atoms with Crippen molar-refractivity contribution in [3.8, 4) is 34.3 Å². The van der Waals surface area contributed by atoms with Crippen LogP contribution in [0.25, 0.3) is 34.3 Å². The van der Waals surface area contributed by atoms with E-state index in [1.807, 2.05) is 36.4 Å². The highest BCUT2D eigenvalue weighted by molar-refractivity contribution is 6.33. The third-order valence-corrected chi connectivity index (χ3v) is 4.27. The summed E-state index contributed by atoms with van der Waals surface area (Å²) in [4.78, 5) is 13.3. The Morgan fingerprint density at radius 1 is 0.720 bits per heavy atom. The molecule has 0 radical (unpaired) electrons. The lowest BCUT2D eigenvalue weighted by Gasteiger charge is -2.03. The van der Waals surface area contributed by atoms with Gasteiger partial charge in [0.2, 0.25) is 0 Å². The molecule has 0 aliphatic carbocycles. The summed E-state index contributed by atoms with van der Waals surface area (Å²) >= 11 is 12.4. The van der Waals surface area contributed by atoms with Crippen LogP contribution in [0.1, 0.15) is 0 Å². The number of nitrogens with zero attached hydrogens (tertiary/aromatic N) is 4. The van der Waals surface area contributed by atoms with Crippen LogP contribution < -0.4 is 0 Å². The minimum atomic E-state index is 0.513. The average Bonchev–Trinajstić information content (AvgIpc) is 3.12. The van der Waals surface area contributed by atoms with Gasteiger partial charge in [-0.2, -0.15) is 5.10 Å². The van der Waals surface area contributed by atoms with Gasteiger partial charge in [0, 0.05) is 17.3 Å². The second kappa shape index (κ2) is 6.63. The van der Waals surface area contributed by atoms with Gasteiger partial charge in [-0.05, 0) is 30.3 Å². The molecule has 2 aromatic carbocycles. The van der Waals surface area contributed by atoms with Crippen LogP contribution in [0.3, 0.4) is 0 Å². The smallest absolute Gasteiger partial charge is 0.183 e. The standard InChI is InChI=1S/C18H11Cl2N5/c19-13-7-3-1-5-11(13)16-21-10-9-15(22-16)18-23-17(24-25-18)12-6-2-4-8-14(12)20/h1-10H,(H,23,24,25). The number of hydrogen-bond donors (Lipinski definition) is 1. The van der Waals surface area contributed by atoms with E-state index in [2.05, 4.69) is 25.1 Å². The van der Waals surface area contributed by atoms with Gasteiger partial charge in [0.1, 0.15) is 5.69 Å². The fourth-order valence-corrected chi connectivity index (χ4v) is 2.84. The largest absolute Gasteiger partial charge is 0.257 e. The van der Waals surface area contributed by atoms with Gasteiger partial charge in [0.05, 0.1) is 10.0 Å². The van der Waals surface area contributed by atoms with Crippen molar-refractivity contribution in [2.75, 3.05) is 0 Å². The lowest BCUT2D eigenvalue weighted by molar-refractivity contribution is 1.08. The Kier molecular flexibility index (Phi) is 4.17. The Labute approximate surface area is 153 Å². The molecule has 0 amide bonds. The summed E-state index contributed by atoms with van der Waals surface area (Å²) in [5.74, 6) is 1.57. The molecule has 0 aliphatic heterocycles. The van der Waals surface area contributed by atoms with Crippen LogP contribution >= 0.6 is 23.2 Å². The van der Waals surface area contributed by atoms with Crippen molar-refractivity contribution < 1.29 is 0 Å². The Hall–Kier alpha value is -2.76. The Morgan fingerprint density at radius 2 is 1.36 bits per heavy atom. The number of H-pyrrole nitrogens is 1. The van der Waals surface area contributed by atoms with Crippen molar-refractivity contribution in [1.82, 2.24) is 25.1 Å². The normalized spacial score (nSPS) is 10.8. The molecule has 1 N–H and O–H groups in total. The SMILES string of the molecule is Clc1ccccc1-c1nccc(-c2nc(-c3ccccc3Cl)n[nH]2)n1. The summed E-state index contributed by atoms with van der Waals surface area (Å²) in [6.45, 7) is 0. The average molecular weight is 368 g/mol. The molecule has 25 heavy (non-hydrogen) atoms. The Bertz CT molecular complexity index is 1040. The van der Waals surface area contributed by atoms with E-state index in [4.69, 9.17) is 23.2 Å². The number of benzene rings is 2. The van der Waals surface area contributed by atoms with Crippen LogP contribution in [0.5, 0.6) is 0 Å². The van der Waals surface area contributed by atoms with Gasteiger partial charge in [0.15, 0.2) is 17.5 Å². The van der Waals surface area contributed by atoms with Crippen molar-refractivity contribution in [3.63, 3.8) is 0 Å². The van der Waals surface area contributed by atoms with E-state index in [1.54, 1.807) is 24.4 Å². The van der Waals surface area contributed by atoms with Gasteiger partial charge in [-0.3, -0.25) is 5.10 Å². The van der Waals surface area contributed by atoms with Gasteiger partial charge in [-0.15, -0.1) is 0 Å². The van der Waals surface area contributed by atoms with Crippen LogP contribution in [-0.2, 0) is 0 Å². The predicted octanol–water partition coefficient (Wildman–Crippen LogP) is 4.90. The summed E-state index contributed by atoms with van der Waals surface area (Å²) in [6.07, 6.45) is 1.67. The Morgan fingerprint density at radius 3 is 2.04 bits per heavy atom. The van der Waals surface area contributed by atoms with E-state index in [0.717, 1.165) is 11.1 Å². The minimum Gasteiger partial charge on any atom is -0.257 e. The molecule has 0 atom stereocenters. The van der Waals surface area contributed by atoms with Gasteiger partial charge in [0.25, 0.3) is 0 Å². The molecule has 122 valence electrons. The maximum Gasteiger partial charge on any atom is 0.183 e. The fraction of sp³-hybridized carbons (Fsp3) is 0. The third kappa shape index (κ3) is 3.12. The quantitative estimate of drug-likeness (QED) is 0.558. The topological polar surface area (TPSA) is 67.3 Å². The minimum absolute atomic E-state index is 0.513. The van der Waals surface area contributed by atoms with Gasteiger partial charge in [-0.25, -0.2) is 15.0 Å². The number of halogens is 2. The first-order valence-corrected chi connectivity index (χ1v) is 8.23. The summed E-state index contributed by atoms with van der Waals surface area (Å²) in [5, 5.41) is 8.32. The molecular formula is C18H11Cl2N5. The number of hydrogen-bond acceptors (Lipinski definition) is 4. The summed E-state index contributed by atoms with van der Waals surface area (Å²) in [7, 11) is 0. The number of aromatic nitrogens is 5. The molecular weight excluding hydrogens is 357 g/mol. The molecule has 0 bridgehead atoms. The summed E-state index contributed by atoms with van der Waals surface area (Å²) in [5.41, 5.74) is 2.14. The first-order chi connectivity index (χ1) is 12.2. The van der Waals surface area contributed by atoms with E-state index >= 15 is 0 Å². The van der Waals surface area contributed by atoms with Gasteiger partial charge < -0.3 is 0 Å². The van der Waals surface area contributed by atoms with Crippen molar-refractivity contribution in [3.05, 3.63) is 70.8 Å². The lowest BCUT2D eigenvalue weighted by Crippen LogP contribution is -1.93. The second-order valence-electron chi connectivity index (χ2n) is 5.23. The lowest BCUT2D eigenvalue weighted by atomic mass is 10.2. The zero-order valence-corrected chi connectivity index (χ0v) is 14.3. The van der Waals surface area contributed by atoms with Crippen LogP contribution in [-0.4, -0.2) is 25.1 Å². The molecule has 0 spiro atoms. The van der Waals surface area contributed by atoms with E-state index in [9.17, 15) is 0 Å². The first kappa shape index (κ1) is 15.7. The van der Waals surface area contributed by atoms with Crippen LogP contribution in [0.4, 0.5) is 0 Å². The van der Waals surface area contributed by atoms with Crippen LogP contribution in [0, 0.1) is 0 Å². The number of rotatable bonds is 3. The molecule has 0 fully saturated rings. The van der Waals surface area contributed by atoms with Crippen LogP contribution in [0.15, 0.2) is 60.8 Å². The number of nitrogens with one attached hydrogen (secondary N) is 1. The summed E-state index contributed by atoms with van der Waals surface area (Å²) < 4.78 is 0. The van der Waals surface area contributed by atoms with Crippen molar-refractivity contribution in [2.45, 2.75) is 0 Å². The maximum atomic E-state index is 6.23. The van der Waals surface area contributed by atoms with Crippen LogP contribution in [0.2, 0.25) is 10.0 Å². The predicted molar refractivity (Wildman–Crippen MR) is 98.3 cm³/mol. The van der Waals surface area contributed by atoms with Crippen molar-refractivity contribution >= 4 is 23.2 Å². The molecule has 0 saturated heterocycles. The maximum absolute atomic E-state index is 6.23. The monoisotopic (exact) mass is 367 g/mol. The van der Waals surface area contributed by atoms with E-state index in [1.165, 1.54) is 0 Å². The molecule has 0 saturated carbocycles. The van der Waals surface area contributed by atoms with E-state index < -0.39 is 0 Å². The molecule has 0 unspecified atom stereocenters. The third-order valence-electron chi connectivity index (χ3n) is 3.61. The second-order valence-corrected chi connectivity index (χ2v) is 6.05. The van der Waals surface area contributed by atoms with Gasteiger partial charge >= 0.3 is 0 Å². The highest BCUT2D eigenvalue weighted by Crippen LogP contribution is 2.28. The van der Waals surface area contributed by atoms with Crippen molar-refractivity contribution in [2.24, 2.45) is 0 Å². The molecule has 2 aromatic heterocycles. The Balaban J connectivity index is 1.73. The van der Waals surface area contributed by atoms with E-state index in [-0.39, 0.29) is 0 Å². The fourth-order valence-electron chi connectivity index (χ4n) is 2.40. The highest BCUT2D eigenvalue weighted by Gasteiger charge is 2.13. The summed E-state index contributed by atoms with van der Waals surface area (Å²) in [6, 6.07) is 16.6. The highest BCUT2D eigenvalue weighted by atomic mass is 35.5. The van der Waals surface area contributed by atoms with E-state index in [0.29, 0.717) is 33.2 Å². The molecule has 4 rings (SSSR count). The molecule has 5 nitrogen and oxygen atoms in total. The zero-order valence-electron chi connectivity index (χ0n) is 12.8.